The van der Waals surface area contributed by atoms with Gasteiger partial charge in [-0.1, -0.05) is 17.8 Å². The number of hydrazone groups is 1. The first-order chi connectivity index (χ1) is 11.3. The molecule has 1 heterocycles. The van der Waals surface area contributed by atoms with Crippen LogP contribution in [0.3, 0.4) is 0 Å². The maximum Gasteiger partial charge on any atom is 0.308 e. The topological polar surface area (TPSA) is 97.3 Å². The van der Waals surface area contributed by atoms with E-state index in [9.17, 15) is 14.4 Å². The van der Waals surface area contributed by atoms with Gasteiger partial charge in [0.2, 0.25) is 11.8 Å². The highest BCUT2D eigenvalue weighted by Crippen LogP contribution is 2.41. The van der Waals surface area contributed by atoms with Gasteiger partial charge in [-0.15, -0.1) is 5.10 Å². The van der Waals surface area contributed by atoms with Crippen LogP contribution in [0.15, 0.2) is 23.3 Å². The van der Waals surface area contributed by atoms with Gasteiger partial charge in [0.05, 0.1) is 7.11 Å². The molecule has 24 heavy (non-hydrogen) atoms. The number of nitrogens with one attached hydrogen (secondary N) is 1. The van der Waals surface area contributed by atoms with Crippen LogP contribution in [-0.4, -0.2) is 35.1 Å². The SMILES string of the molecule is COc1cc([C@@H]2SC(NC(C)=O)=NN2C(C)=O)ccc1OC(C)=O. The molecule has 1 aliphatic rings. The maximum absolute atomic E-state index is 11.8. The number of hydrogen-bond donors (Lipinski definition) is 1. The fraction of sp³-hybridized carbons (Fsp3) is 0.333. The van der Waals surface area contributed by atoms with Crippen LogP contribution >= 0.6 is 11.8 Å². The first-order valence-electron chi connectivity index (χ1n) is 7.00. The van der Waals surface area contributed by atoms with Crippen molar-refractivity contribution in [3.63, 3.8) is 0 Å². The molecule has 0 bridgehead atoms. The van der Waals surface area contributed by atoms with Gasteiger partial charge in [-0.3, -0.25) is 14.4 Å². The quantitative estimate of drug-likeness (QED) is 0.656. The van der Waals surface area contributed by atoms with Crippen LogP contribution in [0.4, 0.5) is 0 Å². The van der Waals surface area contributed by atoms with Gasteiger partial charge < -0.3 is 14.8 Å². The number of amidine groups is 1. The summed E-state index contributed by atoms with van der Waals surface area (Å²) in [5.74, 6) is -0.351. The zero-order chi connectivity index (χ0) is 17.9. The molecule has 1 atom stereocenters. The summed E-state index contributed by atoms with van der Waals surface area (Å²) in [6.45, 7) is 4.05. The second-order valence-corrected chi connectivity index (χ2v) is 5.99. The smallest absolute Gasteiger partial charge is 0.308 e. The Bertz CT molecular complexity index is 719. The fourth-order valence-corrected chi connectivity index (χ4v) is 3.18. The number of thioether (sulfide) groups is 1. The number of rotatable bonds is 3. The summed E-state index contributed by atoms with van der Waals surface area (Å²) >= 11 is 1.23. The third kappa shape index (κ3) is 4.05. The fourth-order valence-electron chi connectivity index (χ4n) is 2.06. The van der Waals surface area contributed by atoms with Gasteiger partial charge >= 0.3 is 5.97 Å². The summed E-state index contributed by atoms with van der Waals surface area (Å²) in [7, 11) is 1.45. The molecule has 0 unspecified atom stereocenters. The van der Waals surface area contributed by atoms with Crippen molar-refractivity contribution in [1.29, 1.82) is 0 Å². The van der Waals surface area contributed by atoms with E-state index in [2.05, 4.69) is 10.4 Å². The van der Waals surface area contributed by atoms with Crippen LogP contribution in [0.2, 0.25) is 0 Å². The van der Waals surface area contributed by atoms with Crippen molar-refractivity contribution in [1.82, 2.24) is 10.3 Å². The van der Waals surface area contributed by atoms with Gasteiger partial charge in [-0.05, 0) is 17.7 Å². The molecule has 2 amide bonds. The van der Waals surface area contributed by atoms with Crippen LogP contribution in [-0.2, 0) is 14.4 Å². The Hall–Kier alpha value is -2.55. The average Bonchev–Trinajstić information content (AvgIpc) is 2.90. The number of carbonyl (C=O) groups excluding carboxylic acids is 3. The summed E-state index contributed by atoms with van der Waals surface area (Å²) in [5.41, 5.74) is 0.715. The largest absolute Gasteiger partial charge is 0.493 e. The van der Waals surface area contributed by atoms with E-state index in [4.69, 9.17) is 9.47 Å². The van der Waals surface area contributed by atoms with Gasteiger partial charge in [0.25, 0.3) is 0 Å². The lowest BCUT2D eigenvalue weighted by atomic mass is 10.2. The molecule has 1 aromatic rings. The molecule has 0 saturated carbocycles. The van der Waals surface area contributed by atoms with Crippen LogP contribution in [0.5, 0.6) is 11.5 Å². The van der Waals surface area contributed by atoms with E-state index in [0.29, 0.717) is 16.5 Å². The highest BCUT2D eigenvalue weighted by atomic mass is 32.2. The maximum atomic E-state index is 11.8. The van der Waals surface area contributed by atoms with E-state index >= 15 is 0 Å². The van der Waals surface area contributed by atoms with Crippen LogP contribution < -0.4 is 14.8 Å². The summed E-state index contributed by atoms with van der Waals surface area (Å²) in [5, 5.41) is 7.85. The number of hydrogen-bond acceptors (Lipinski definition) is 7. The second-order valence-electron chi connectivity index (χ2n) is 4.92. The van der Waals surface area contributed by atoms with Crippen molar-refractivity contribution >= 4 is 34.7 Å². The van der Waals surface area contributed by atoms with Gasteiger partial charge in [0.15, 0.2) is 16.7 Å². The third-order valence-electron chi connectivity index (χ3n) is 2.98. The lowest BCUT2D eigenvalue weighted by Crippen LogP contribution is -2.25. The predicted octanol–water partition coefficient (Wildman–Crippen LogP) is 1.62. The van der Waals surface area contributed by atoms with Gasteiger partial charge in [0.1, 0.15) is 5.37 Å². The summed E-state index contributed by atoms with van der Waals surface area (Å²) in [4.78, 5) is 34.1. The van der Waals surface area contributed by atoms with Crippen LogP contribution in [0.25, 0.3) is 0 Å². The number of benzene rings is 1. The van der Waals surface area contributed by atoms with Crippen molar-refractivity contribution in [3.05, 3.63) is 23.8 Å². The number of amides is 2. The molecule has 0 saturated heterocycles. The molecule has 1 aromatic carbocycles. The van der Waals surface area contributed by atoms with Crippen LogP contribution in [0.1, 0.15) is 31.7 Å². The summed E-state index contributed by atoms with van der Waals surface area (Å²) in [6.07, 6.45) is 0. The lowest BCUT2D eigenvalue weighted by molar-refractivity contribution is -0.132. The summed E-state index contributed by atoms with van der Waals surface area (Å²) in [6, 6.07) is 4.96. The monoisotopic (exact) mass is 351 g/mol. The number of esters is 1. The third-order valence-corrected chi connectivity index (χ3v) is 4.08. The first kappa shape index (κ1) is 17.8. The molecule has 1 N–H and O–H groups in total. The Morgan fingerprint density at radius 1 is 1.21 bits per heavy atom. The van der Waals surface area contributed by atoms with E-state index in [0.717, 1.165) is 0 Å². The van der Waals surface area contributed by atoms with Crippen molar-refractivity contribution in [2.24, 2.45) is 5.10 Å². The molecule has 1 aliphatic heterocycles. The van der Waals surface area contributed by atoms with Gasteiger partial charge in [-0.25, -0.2) is 5.01 Å². The standard InChI is InChI=1S/C15H17N3O5S/c1-8(19)16-15-17-18(9(2)20)14(24-15)11-5-6-12(23-10(3)21)13(7-11)22-4/h5-7,14H,1-4H3,(H,16,17,19)/t14-/m0/s1. The number of methoxy groups -OCH3 is 1. The minimum atomic E-state index is -0.460. The minimum Gasteiger partial charge on any atom is -0.493 e. The first-order valence-corrected chi connectivity index (χ1v) is 7.88. The molecule has 0 spiro atoms. The highest BCUT2D eigenvalue weighted by molar-refractivity contribution is 8.14. The molecule has 0 fully saturated rings. The second kappa shape index (κ2) is 7.35. The average molecular weight is 351 g/mol. The Morgan fingerprint density at radius 2 is 1.92 bits per heavy atom. The molecule has 8 nitrogen and oxygen atoms in total. The van der Waals surface area contributed by atoms with E-state index in [1.165, 1.54) is 44.7 Å². The molecule has 9 heteroatoms. The Labute approximate surface area is 143 Å². The molecule has 2 rings (SSSR count). The minimum absolute atomic E-state index is 0.268. The molecule has 0 aromatic heterocycles. The Balaban J connectivity index is 2.31. The van der Waals surface area contributed by atoms with Crippen molar-refractivity contribution in [2.75, 3.05) is 7.11 Å². The van der Waals surface area contributed by atoms with Crippen molar-refractivity contribution in [3.8, 4) is 11.5 Å². The highest BCUT2D eigenvalue weighted by Gasteiger charge is 2.32. The molecule has 0 radical (unpaired) electrons. The van der Waals surface area contributed by atoms with Crippen molar-refractivity contribution < 1.29 is 23.9 Å². The van der Waals surface area contributed by atoms with E-state index in [1.54, 1.807) is 18.2 Å². The normalized spacial score (nSPS) is 16.4. The van der Waals surface area contributed by atoms with E-state index in [-0.39, 0.29) is 17.6 Å². The molecular formula is C15H17N3O5S. The van der Waals surface area contributed by atoms with E-state index in [1.807, 2.05) is 0 Å². The number of ether oxygens (including phenoxy) is 2. The van der Waals surface area contributed by atoms with Gasteiger partial charge in [0, 0.05) is 20.8 Å². The Kier molecular flexibility index (Phi) is 5.45. The van der Waals surface area contributed by atoms with E-state index < -0.39 is 11.3 Å². The Morgan fingerprint density at radius 3 is 2.46 bits per heavy atom. The van der Waals surface area contributed by atoms with Crippen LogP contribution in [0, 0.1) is 0 Å². The molecule has 0 aliphatic carbocycles. The zero-order valence-electron chi connectivity index (χ0n) is 13.7. The van der Waals surface area contributed by atoms with Gasteiger partial charge in [-0.2, -0.15) is 0 Å². The number of nitrogens with zero attached hydrogens (tertiary/aromatic N) is 2. The molecular weight excluding hydrogens is 334 g/mol. The predicted molar refractivity (Wildman–Crippen MR) is 88.4 cm³/mol. The number of carbonyl (C=O) groups is 3. The summed E-state index contributed by atoms with van der Waals surface area (Å²) < 4.78 is 10.3. The molecule has 128 valence electrons. The lowest BCUT2D eigenvalue weighted by Gasteiger charge is -2.20. The zero-order valence-corrected chi connectivity index (χ0v) is 14.5. The van der Waals surface area contributed by atoms with Crippen molar-refractivity contribution in [2.45, 2.75) is 26.1 Å².